The third-order valence-electron chi connectivity index (χ3n) is 4.21. The summed E-state index contributed by atoms with van der Waals surface area (Å²) in [5.41, 5.74) is 8.27. The van der Waals surface area contributed by atoms with Gasteiger partial charge >= 0.3 is 10.5 Å². The van der Waals surface area contributed by atoms with E-state index < -0.39 is 18.7 Å². The van der Waals surface area contributed by atoms with Crippen LogP contribution in [-0.4, -0.2) is 57.7 Å². The van der Waals surface area contributed by atoms with Crippen LogP contribution in [0, 0.1) is 0 Å². The first kappa shape index (κ1) is 27.9. The number of benzene rings is 1. The molecule has 11 nitrogen and oxygen atoms in total. The van der Waals surface area contributed by atoms with Crippen LogP contribution in [0.4, 0.5) is 21.3 Å². The van der Waals surface area contributed by atoms with Gasteiger partial charge in [0.15, 0.2) is 5.82 Å². The van der Waals surface area contributed by atoms with E-state index in [0.717, 1.165) is 11.3 Å². The highest BCUT2D eigenvalue weighted by Gasteiger charge is 2.18. The van der Waals surface area contributed by atoms with Crippen LogP contribution in [-0.2, 0) is 10.5 Å². The molecule has 0 saturated heterocycles. The Bertz CT molecular complexity index is 1210. The minimum atomic E-state index is -5.18. The van der Waals surface area contributed by atoms with E-state index in [4.69, 9.17) is 21.9 Å². The summed E-state index contributed by atoms with van der Waals surface area (Å²) in [6, 6.07) is 3.94. The summed E-state index contributed by atoms with van der Waals surface area (Å²) in [7, 11) is -4.29. The van der Waals surface area contributed by atoms with E-state index in [1.54, 1.807) is 7.05 Å². The number of hydrogen-bond donors (Lipinski definition) is 4. The number of halogens is 2. The van der Waals surface area contributed by atoms with E-state index in [0.29, 0.717) is 18.8 Å². The summed E-state index contributed by atoms with van der Waals surface area (Å²) in [6.07, 6.45) is 1.36. The normalized spacial score (nSPS) is 14.1. The summed E-state index contributed by atoms with van der Waals surface area (Å²) in [4.78, 5) is 12.7. The van der Waals surface area contributed by atoms with E-state index in [1.807, 2.05) is 13.3 Å². The van der Waals surface area contributed by atoms with Crippen LogP contribution in [0.3, 0.4) is 0 Å². The molecule has 1 aromatic heterocycles. The van der Waals surface area contributed by atoms with Gasteiger partial charge in [0.2, 0.25) is 0 Å². The number of nitrogens with zero attached hydrogens (tertiary/aromatic N) is 3. The fourth-order valence-electron chi connectivity index (χ4n) is 2.86. The van der Waals surface area contributed by atoms with Crippen molar-refractivity contribution in [3.8, 4) is 11.5 Å². The Hall–Kier alpha value is -2.30. The lowest BCUT2D eigenvalue weighted by Gasteiger charge is -2.16. The number of aromatic nitrogens is 2. The highest BCUT2D eigenvalue weighted by atomic mass is 35.5. The molecule has 2 heterocycles. The molecular weight excluding hydrogens is 527 g/mol. The zero-order valence-electron chi connectivity index (χ0n) is 18.6. The summed E-state index contributed by atoms with van der Waals surface area (Å²) in [5.74, 6) is 0.512. The lowest BCUT2D eigenvalue weighted by Crippen LogP contribution is -2.20. The van der Waals surface area contributed by atoms with Crippen molar-refractivity contribution in [2.24, 2.45) is 10.7 Å². The molecule has 1 atom stereocenters. The molecule has 1 unspecified atom stereocenters. The average Bonchev–Trinajstić information content (AvgIpc) is 3.20. The standard InChI is InChI=1S/C18H22ClFN7O4PS.H3P/c1-22-14-9-23-7-11(14)16(21)26-18-24-8-12(19)17(27-18)25-13-5-4-10(31-33(20,28)29)6-15(13)30-32(2)3;/h4-6,8,22-23H,7,9H2,1-3H3,(H3,21,24,25,26,27);1H3. The number of amidine groups is 1. The summed E-state index contributed by atoms with van der Waals surface area (Å²) >= 11 is 6.24. The van der Waals surface area contributed by atoms with Crippen molar-refractivity contribution in [1.29, 1.82) is 0 Å². The van der Waals surface area contributed by atoms with Crippen LogP contribution in [0.15, 0.2) is 40.7 Å². The van der Waals surface area contributed by atoms with Gasteiger partial charge in [0.05, 0.1) is 20.0 Å². The highest BCUT2D eigenvalue weighted by Crippen LogP contribution is 2.40. The van der Waals surface area contributed by atoms with Crippen molar-refractivity contribution in [2.45, 2.75) is 0 Å². The zero-order chi connectivity index (χ0) is 24.2. The summed E-state index contributed by atoms with van der Waals surface area (Å²) in [6.45, 7) is 4.88. The number of anilines is 2. The van der Waals surface area contributed by atoms with E-state index in [9.17, 15) is 12.3 Å². The predicted molar refractivity (Wildman–Crippen MR) is 138 cm³/mol. The van der Waals surface area contributed by atoms with Gasteiger partial charge in [-0.2, -0.15) is 28.3 Å². The second-order valence-electron chi connectivity index (χ2n) is 6.84. The zero-order valence-corrected chi connectivity index (χ0v) is 22.5. The van der Waals surface area contributed by atoms with E-state index in [2.05, 4.69) is 35.1 Å². The van der Waals surface area contributed by atoms with Gasteiger partial charge in [-0.1, -0.05) is 15.5 Å². The van der Waals surface area contributed by atoms with Crippen molar-refractivity contribution in [3.63, 3.8) is 0 Å². The quantitative estimate of drug-likeness (QED) is 0.158. The number of rotatable bonds is 9. The van der Waals surface area contributed by atoms with E-state index >= 15 is 0 Å². The molecule has 5 N–H and O–H groups in total. The molecule has 16 heteroatoms. The van der Waals surface area contributed by atoms with Crippen LogP contribution in [0.25, 0.3) is 0 Å². The Labute approximate surface area is 206 Å². The van der Waals surface area contributed by atoms with Gasteiger partial charge in [0, 0.05) is 37.5 Å². The predicted octanol–water partition coefficient (Wildman–Crippen LogP) is 2.63. The number of hydrogen-bond acceptors (Lipinski definition) is 10. The van der Waals surface area contributed by atoms with Gasteiger partial charge in [0.1, 0.15) is 22.4 Å². The molecule has 34 heavy (non-hydrogen) atoms. The maximum Gasteiger partial charge on any atom is 0.488 e. The molecule has 1 aromatic carbocycles. The Morgan fingerprint density at radius 2 is 2.09 bits per heavy atom. The van der Waals surface area contributed by atoms with Crippen LogP contribution >= 0.6 is 29.6 Å². The molecule has 2 aromatic rings. The fourth-order valence-corrected chi connectivity index (χ4v) is 3.87. The molecule has 186 valence electrons. The van der Waals surface area contributed by atoms with Gasteiger partial charge in [-0.15, -0.1) is 0 Å². The molecule has 1 aliphatic rings. The van der Waals surface area contributed by atoms with Crippen LogP contribution in [0.2, 0.25) is 5.02 Å². The molecule has 0 bridgehead atoms. The van der Waals surface area contributed by atoms with E-state index in [1.165, 1.54) is 24.4 Å². The molecule has 0 fully saturated rings. The first-order valence-electron chi connectivity index (χ1n) is 9.43. The Morgan fingerprint density at radius 1 is 1.35 bits per heavy atom. The van der Waals surface area contributed by atoms with Gasteiger partial charge in [-0.05, 0) is 25.5 Å². The number of nitrogens with two attached hydrogens (primary N) is 1. The maximum absolute atomic E-state index is 12.9. The third-order valence-corrected chi connectivity index (χ3v) is 5.44. The van der Waals surface area contributed by atoms with Gasteiger partial charge in [0.25, 0.3) is 5.95 Å². The second kappa shape index (κ2) is 11.9. The number of nitrogens with one attached hydrogen (secondary N) is 3. The van der Waals surface area contributed by atoms with Crippen LogP contribution in [0.1, 0.15) is 0 Å². The molecular formula is C18H25ClFN7O4P2S. The number of likely N-dealkylation sites (N-methyl/N-ethyl adjacent to an activating group) is 1. The molecule has 0 saturated carbocycles. The van der Waals surface area contributed by atoms with Gasteiger partial charge in [-0.3, -0.25) is 0 Å². The summed E-state index contributed by atoms with van der Waals surface area (Å²) < 4.78 is 44.6. The smallest absolute Gasteiger partial charge is 0.472 e. The minimum Gasteiger partial charge on any atom is -0.472 e. The largest absolute Gasteiger partial charge is 0.488 e. The summed E-state index contributed by atoms with van der Waals surface area (Å²) in [5, 5.41) is 9.44. The number of aliphatic imine (C=N–C) groups is 1. The lowest BCUT2D eigenvalue weighted by atomic mass is 10.2. The molecule has 0 amide bonds. The monoisotopic (exact) mass is 551 g/mol. The van der Waals surface area contributed by atoms with Crippen molar-refractivity contribution in [2.75, 3.05) is 38.8 Å². The van der Waals surface area contributed by atoms with Gasteiger partial charge in [-0.25, -0.2) is 4.98 Å². The van der Waals surface area contributed by atoms with Crippen molar-refractivity contribution in [3.05, 3.63) is 40.7 Å². The van der Waals surface area contributed by atoms with Crippen LogP contribution < -0.4 is 30.4 Å². The van der Waals surface area contributed by atoms with Crippen molar-refractivity contribution in [1.82, 2.24) is 20.6 Å². The first-order chi connectivity index (χ1) is 15.6. The second-order valence-corrected chi connectivity index (χ2v) is 10.0. The third kappa shape index (κ3) is 7.61. The lowest BCUT2D eigenvalue weighted by molar-refractivity contribution is 0.439. The molecule has 0 aliphatic carbocycles. The minimum absolute atomic E-state index is 0. The molecule has 3 rings (SSSR count). The fraction of sp³-hybridized carbons (Fsp3) is 0.278. The highest BCUT2D eigenvalue weighted by molar-refractivity contribution is 7.81. The SMILES string of the molecule is CNC1=C(C(N)=Nc2ncc(Cl)c(Nc3ccc(OS(=O)(=O)F)cc3OP(C)C)n2)CNC1.P. The Morgan fingerprint density at radius 3 is 2.74 bits per heavy atom. The van der Waals surface area contributed by atoms with Crippen molar-refractivity contribution < 1.29 is 21.0 Å². The Balaban J connectivity index is 0.00000408. The topological polar surface area (TPSA) is 153 Å². The van der Waals surface area contributed by atoms with Crippen molar-refractivity contribution >= 4 is 63.4 Å². The average molecular weight is 552 g/mol. The van der Waals surface area contributed by atoms with Crippen LogP contribution in [0.5, 0.6) is 11.5 Å². The maximum atomic E-state index is 12.9. The molecule has 0 radical (unpaired) electrons. The first-order valence-corrected chi connectivity index (χ1v) is 13.3. The molecule has 0 spiro atoms. The van der Waals surface area contributed by atoms with E-state index in [-0.39, 0.29) is 44.0 Å². The molecule has 1 aliphatic heterocycles. The Kier molecular flexibility index (Phi) is 9.78. The van der Waals surface area contributed by atoms with Gasteiger partial charge < -0.3 is 30.4 Å².